The van der Waals surface area contributed by atoms with Gasteiger partial charge in [0.25, 0.3) is 0 Å². The third-order valence-electron chi connectivity index (χ3n) is 6.30. The van der Waals surface area contributed by atoms with Crippen LogP contribution in [0.2, 0.25) is 0 Å². The van der Waals surface area contributed by atoms with Crippen LogP contribution in [0.15, 0.2) is 0 Å². The maximum Gasteiger partial charge on any atom is -0.0383 e. The van der Waals surface area contributed by atoms with Crippen LogP contribution >= 0.6 is 0 Å². The van der Waals surface area contributed by atoms with Gasteiger partial charge in [-0.25, -0.2) is 0 Å². The topological polar surface area (TPSA) is 0 Å². The van der Waals surface area contributed by atoms with Crippen molar-refractivity contribution in [2.75, 3.05) is 0 Å². The van der Waals surface area contributed by atoms with Crippen molar-refractivity contribution in [2.45, 2.75) is 128 Å². The first-order chi connectivity index (χ1) is 12.0. The van der Waals surface area contributed by atoms with Crippen LogP contribution in [0.4, 0.5) is 0 Å². The molecule has 0 heterocycles. The van der Waals surface area contributed by atoms with Gasteiger partial charge in [0.2, 0.25) is 0 Å². The summed E-state index contributed by atoms with van der Waals surface area (Å²) in [5.41, 5.74) is 0.482. The number of hydrogen-bond acceptors (Lipinski definition) is 0. The zero-order valence-corrected chi connectivity index (χ0v) is 20.9. The molecular weight excluding hydrogens is 312 g/mol. The maximum atomic E-state index is 2.51. The van der Waals surface area contributed by atoms with Gasteiger partial charge in [0.15, 0.2) is 0 Å². The SMILES string of the molecule is CC.CCC(CCC(C)C)CC(CC(C)C(C)CCC(C)(C)C)C(C)C. The third-order valence-corrected chi connectivity index (χ3v) is 6.30. The minimum Gasteiger partial charge on any atom is -0.0683 e. The Bertz CT molecular complexity index is 294. The fraction of sp³-hybridized carbons (Fsp3) is 1.00. The Hall–Kier alpha value is 0. The molecule has 26 heavy (non-hydrogen) atoms. The average Bonchev–Trinajstić information content (AvgIpc) is 2.55. The summed E-state index contributed by atoms with van der Waals surface area (Å²) in [5, 5.41) is 0. The van der Waals surface area contributed by atoms with E-state index in [1.54, 1.807) is 0 Å². The molecule has 0 aliphatic heterocycles. The van der Waals surface area contributed by atoms with Gasteiger partial charge in [0.1, 0.15) is 0 Å². The molecule has 160 valence electrons. The van der Waals surface area contributed by atoms with Crippen LogP contribution in [0.25, 0.3) is 0 Å². The van der Waals surface area contributed by atoms with Gasteiger partial charge in [-0.15, -0.1) is 0 Å². The Morgan fingerprint density at radius 3 is 1.62 bits per heavy atom. The van der Waals surface area contributed by atoms with E-state index in [9.17, 15) is 0 Å². The van der Waals surface area contributed by atoms with Gasteiger partial charge in [-0.2, -0.15) is 0 Å². The number of hydrogen-bond donors (Lipinski definition) is 0. The van der Waals surface area contributed by atoms with Crippen molar-refractivity contribution in [3.05, 3.63) is 0 Å². The van der Waals surface area contributed by atoms with Gasteiger partial charge in [-0.3, -0.25) is 0 Å². The molecule has 0 fully saturated rings. The van der Waals surface area contributed by atoms with E-state index in [0.717, 1.165) is 35.5 Å². The molecule has 0 N–H and O–H groups in total. The van der Waals surface area contributed by atoms with Gasteiger partial charge in [0.05, 0.1) is 0 Å². The number of rotatable bonds is 12. The normalized spacial score (nSPS) is 16.8. The highest BCUT2D eigenvalue weighted by molar-refractivity contribution is 4.75. The molecule has 0 heteroatoms. The summed E-state index contributed by atoms with van der Waals surface area (Å²) in [6.07, 6.45) is 9.84. The first-order valence-corrected chi connectivity index (χ1v) is 12.0. The minimum atomic E-state index is 0.482. The summed E-state index contributed by atoms with van der Waals surface area (Å²) < 4.78 is 0. The second kappa shape index (κ2) is 15.0. The molecule has 0 nitrogen and oxygen atoms in total. The standard InChI is InChI=1S/C24H50.C2H6/c1-11-22(13-12-18(2)3)17-23(19(4)5)16-21(7)20(6)14-15-24(8,9)10;1-2/h18-23H,11-17H2,1-10H3;1-2H3. The maximum absolute atomic E-state index is 2.51. The van der Waals surface area contributed by atoms with Gasteiger partial charge >= 0.3 is 0 Å². The molecule has 0 amide bonds. The van der Waals surface area contributed by atoms with E-state index >= 15 is 0 Å². The van der Waals surface area contributed by atoms with Crippen LogP contribution in [-0.4, -0.2) is 0 Å². The zero-order valence-electron chi connectivity index (χ0n) is 20.9. The van der Waals surface area contributed by atoms with Crippen LogP contribution in [0.1, 0.15) is 128 Å². The van der Waals surface area contributed by atoms with Gasteiger partial charge in [0, 0.05) is 0 Å². The summed E-state index contributed by atoms with van der Waals surface area (Å²) in [7, 11) is 0. The Morgan fingerprint density at radius 1 is 0.692 bits per heavy atom. The highest BCUT2D eigenvalue weighted by Crippen LogP contribution is 2.35. The van der Waals surface area contributed by atoms with Crippen molar-refractivity contribution in [1.29, 1.82) is 0 Å². The molecule has 0 spiro atoms. The van der Waals surface area contributed by atoms with Crippen LogP contribution < -0.4 is 0 Å². The molecule has 4 unspecified atom stereocenters. The zero-order chi connectivity index (χ0) is 20.9. The lowest BCUT2D eigenvalue weighted by Gasteiger charge is -2.31. The van der Waals surface area contributed by atoms with Crippen LogP contribution in [-0.2, 0) is 0 Å². The lowest BCUT2D eigenvalue weighted by molar-refractivity contribution is 0.194. The molecule has 0 aromatic rings. The summed E-state index contributed by atoms with van der Waals surface area (Å²) in [6, 6.07) is 0. The van der Waals surface area contributed by atoms with Gasteiger partial charge < -0.3 is 0 Å². The van der Waals surface area contributed by atoms with Gasteiger partial charge in [-0.05, 0) is 66.6 Å². The van der Waals surface area contributed by atoms with E-state index in [1.807, 2.05) is 13.8 Å². The fourth-order valence-electron chi connectivity index (χ4n) is 3.78. The van der Waals surface area contributed by atoms with E-state index in [0.29, 0.717) is 5.41 Å². The van der Waals surface area contributed by atoms with Crippen molar-refractivity contribution in [3.63, 3.8) is 0 Å². The molecule has 0 aromatic carbocycles. The average molecular weight is 369 g/mol. The third kappa shape index (κ3) is 15.1. The summed E-state index contributed by atoms with van der Waals surface area (Å²) >= 11 is 0. The molecular formula is C26H56. The smallest absolute Gasteiger partial charge is 0.0383 e. The van der Waals surface area contributed by atoms with E-state index in [4.69, 9.17) is 0 Å². The van der Waals surface area contributed by atoms with E-state index in [2.05, 4.69) is 69.2 Å². The minimum absolute atomic E-state index is 0.482. The summed E-state index contributed by atoms with van der Waals surface area (Å²) in [5.74, 6) is 5.26. The molecule has 0 aliphatic carbocycles. The van der Waals surface area contributed by atoms with E-state index in [-0.39, 0.29) is 0 Å². The largest absolute Gasteiger partial charge is 0.0683 e. The lowest BCUT2D eigenvalue weighted by Crippen LogP contribution is -2.21. The second-order valence-corrected chi connectivity index (χ2v) is 10.8. The first kappa shape index (κ1) is 28.2. The van der Waals surface area contributed by atoms with Crippen LogP contribution in [0.3, 0.4) is 0 Å². The van der Waals surface area contributed by atoms with E-state index in [1.165, 1.54) is 44.9 Å². The fourth-order valence-corrected chi connectivity index (χ4v) is 3.78. The Labute approximate surface area is 169 Å². The van der Waals surface area contributed by atoms with Gasteiger partial charge in [-0.1, -0.05) is 102 Å². The van der Waals surface area contributed by atoms with E-state index < -0.39 is 0 Å². The van der Waals surface area contributed by atoms with Crippen molar-refractivity contribution in [1.82, 2.24) is 0 Å². The second-order valence-electron chi connectivity index (χ2n) is 10.8. The molecule has 0 bridgehead atoms. The monoisotopic (exact) mass is 368 g/mol. The quantitative estimate of drug-likeness (QED) is 0.321. The Kier molecular flexibility index (Phi) is 16.3. The van der Waals surface area contributed by atoms with Crippen molar-refractivity contribution in [3.8, 4) is 0 Å². The predicted molar refractivity (Wildman–Crippen MR) is 124 cm³/mol. The molecule has 4 atom stereocenters. The summed E-state index contributed by atoms with van der Waals surface area (Å²) in [4.78, 5) is 0. The molecule has 0 aliphatic rings. The molecule has 0 saturated carbocycles. The lowest BCUT2D eigenvalue weighted by atomic mass is 9.74. The molecule has 0 aromatic heterocycles. The summed E-state index contributed by atoms with van der Waals surface area (Å²) in [6.45, 7) is 28.2. The Morgan fingerprint density at radius 2 is 1.23 bits per heavy atom. The Balaban J connectivity index is 0. The highest BCUT2D eigenvalue weighted by atomic mass is 14.3. The highest BCUT2D eigenvalue weighted by Gasteiger charge is 2.24. The molecule has 0 rings (SSSR count). The molecule has 0 radical (unpaired) electrons. The van der Waals surface area contributed by atoms with Crippen molar-refractivity contribution >= 4 is 0 Å². The van der Waals surface area contributed by atoms with Crippen molar-refractivity contribution in [2.24, 2.45) is 40.9 Å². The van der Waals surface area contributed by atoms with Crippen molar-refractivity contribution < 1.29 is 0 Å². The van der Waals surface area contributed by atoms with Crippen LogP contribution in [0.5, 0.6) is 0 Å². The molecule has 0 saturated heterocycles. The first-order valence-electron chi connectivity index (χ1n) is 12.0. The predicted octanol–water partition coefficient (Wildman–Crippen LogP) is 9.63. The van der Waals surface area contributed by atoms with Crippen LogP contribution in [0, 0.1) is 40.9 Å².